The van der Waals surface area contributed by atoms with Gasteiger partial charge in [0, 0.05) is 17.9 Å². The van der Waals surface area contributed by atoms with Crippen LogP contribution in [-0.2, 0) is 4.74 Å². The lowest BCUT2D eigenvalue weighted by molar-refractivity contribution is 0.0862. The average molecular weight is 238 g/mol. The fourth-order valence-electron chi connectivity index (χ4n) is 2.00. The Balaban J connectivity index is 1.87. The second-order valence-electron chi connectivity index (χ2n) is 4.45. The van der Waals surface area contributed by atoms with Crippen molar-refractivity contribution in [2.75, 3.05) is 6.61 Å². The van der Waals surface area contributed by atoms with Gasteiger partial charge in [-0.05, 0) is 44.7 Å². The van der Waals surface area contributed by atoms with Gasteiger partial charge >= 0.3 is 0 Å². The largest absolute Gasteiger partial charge is 0.378 e. The monoisotopic (exact) mass is 238 g/mol. The summed E-state index contributed by atoms with van der Waals surface area (Å²) < 4.78 is 5.52. The predicted octanol–water partition coefficient (Wildman–Crippen LogP) is 3.51. The molecule has 0 radical (unpaired) electrons. The zero-order chi connectivity index (χ0) is 11.5. The Kier molecular flexibility index (Phi) is 3.77. The molecule has 1 saturated heterocycles. The Morgan fingerprint density at radius 3 is 2.94 bits per heavy atom. The summed E-state index contributed by atoms with van der Waals surface area (Å²) in [6.45, 7) is 5.00. The molecule has 2 heterocycles. The lowest BCUT2D eigenvalue weighted by atomic mass is 10.1. The van der Waals surface area contributed by atoms with Crippen LogP contribution < -0.4 is 0 Å². The highest BCUT2D eigenvalue weighted by molar-refractivity contribution is 7.14. The number of hydrogen-bond acceptors (Lipinski definition) is 3. The zero-order valence-electron chi connectivity index (χ0n) is 9.91. The van der Waals surface area contributed by atoms with Crippen LogP contribution in [0.2, 0.25) is 0 Å². The highest BCUT2D eigenvalue weighted by atomic mass is 32.1. The highest BCUT2D eigenvalue weighted by Gasteiger charge is 2.18. The molecule has 0 saturated carbocycles. The molecule has 1 aromatic heterocycles. The summed E-state index contributed by atoms with van der Waals surface area (Å²) in [4.78, 5) is 14.1. The number of ketones is 1. The topological polar surface area (TPSA) is 26.3 Å². The molecule has 0 aromatic carbocycles. The third-order valence-electron chi connectivity index (χ3n) is 3.16. The molecule has 1 fully saturated rings. The van der Waals surface area contributed by atoms with E-state index in [0.29, 0.717) is 12.5 Å². The first-order valence-electron chi connectivity index (χ1n) is 5.88. The standard InChI is InChI=1S/C13H18O2S/c1-9-8-13(16-10(9)2)12(14)6-5-11-4-3-7-15-11/h8,11H,3-7H2,1-2H3. The quantitative estimate of drug-likeness (QED) is 0.750. The van der Waals surface area contributed by atoms with Crippen molar-refractivity contribution in [3.05, 3.63) is 21.4 Å². The molecule has 1 aliphatic rings. The van der Waals surface area contributed by atoms with Crippen LogP contribution in [0.15, 0.2) is 6.07 Å². The second-order valence-corrected chi connectivity index (χ2v) is 5.70. The molecule has 3 heteroatoms. The number of carbonyl (C=O) groups excluding carboxylic acids is 1. The van der Waals surface area contributed by atoms with E-state index in [9.17, 15) is 4.79 Å². The van der Waals surface area contributed by atoms with Gasteiger partial charge in [0.25, 0.3) is 0 Å². The number of hydrogen-bond donors (Lipinski definition) is 0. The van der Waals surface area contributed by atoms with Crippen LogP contribution in [0.1, 0.15) is 45.8 Å². The van der Waals surface area contributed by atoms with E-state index in [2.05, 4.69) is 13.8 Å². The van der Waals surface area contributed by atoms with Gasteiger partial charge in [0.05, 0.1) is 11.0 Å². The van der Waals surface area contributed by atoms with Crippen LogP contribution in [0.25, 0.3) is 0 Å². The van der Waals surface area contributed by atoms with Crippen molar-refractivity contribution in [2.45, 2.75) is 45.6 Å². The minimum atomic E-state index is 0.275. The molecular formula is C13H18O2S. The third-order valence-corrected chi connectivity index (χ3v) is 4.35. The zero-order valence-corrected chi connectivity index (χ0v) is 10.7. The number of carbonyl (C=O) groups is 1. The van der Waals surface area contributed by atoms with Crippen molar-refractivity contribution in [2.24, 2.45) is 0 Å². The Labute approximate surface area is 101 Å². The molecule has 2 nitrogen and oxygen atoms in total. The molecule has 1 unspecified atom stereocenters. The van der Waals surface area contributed by atoms with Gasteiger partial charge in [0.2, 0.25) is 0 Å². The van der Waals surface area contributed by atoms with Crippen LogP contribution in [0.5, 0.6) is 0 Å². The van der Waals surface area contributed by atoms with Gasteiger partial charge in [0.15, 0.2) is 5.78 Å². The number of rotatable bonds is 4. The Morgan fingerprint density at radius 1 is 1.56 bits per heavy atom. The number of Topliss-reactive ketones (excluding diaryl/α,β-unsaturated/α-hetero) is 1. The van der Waals surface area contributed by atoms with E-state index in [1.54, 1.807) is 11.3 Å². The Bertz CT molecular complexity index is 356. The van der Waals surface area contributed by atoms with Crippen molar-refractivity contribution in [1.82, 2.24) is 0 Å². The summed E-state index contributed by atoms with van der Waals surface area (Å²) in [5, 5.41) is 0. The minimum absolute atomic E-state index is 0.275. The maximum absolute atomic E-state index is 11.9. The molecule has 1 atom stereocenters. The lowest BCUT2D eigenvalue weighted by Crippen LogP contribution is -2.08. The fourth-order valence-corrected chi connectivity index (χ4v) is 3.00. The molecule has 0 bridgehead atoms. The number of thiophene rings is 1. The van der Waals surface area contributed by atoms with Crippen molar-refractivity contribution in [1.29, 1.82) is 0 Å². The SMILES string of the molecule is Cc1cc(C(=O)CCC2CCCO2)sc1C. The molecule has 1 aromatic rings. The maximum atomic E-state index is 11.9. The Hall–Kier alpha value is -0.670. The summed E-state index contributed by atoms with van der Waals surface area (Å²) in [6.07, 6.45) is 4.11. The van der Waals surface area contributed by atoms with Crippen LogP contribution in [-0.4, -0.2) is 18.5 Å². The van der Waals surface area contributed by atoms with E-state index < -0.39 is 0 Å². The van der Waals surface area contributed by atoms with Crippen molar-refractivity contribution >= 4 is 17.1 Å². The summed E-state index contributed by atoms with van der Waals surface area (Å²) in [5.41, 5.74) is 1.23. The van der Waals surface area contributed by atoms with Gasteiger partial charge in [-0.15, -0.1) is 11.3 Å². The van der Waals surface area contributed by atoms with Gasteiger partial charge in [-0.2, -0.15) is 0 Å². The molecule has 1 aliphatic heterocycles. The number of ether oxygens (including phenoxy) is 1. The van der Waals surface area contributed by atoms with Crippen LogP contribution in [0, 0.1) is 13.8 Å². The highest BCUT2D eigenvalue weighted by Crippen LogP contribution is 2.24. The van der Waals surface area contributed by atoms with Crippen molar-refractivity contribution in [3.63, 3.8) is 0 Å². The van der Waals surface area contributed by atoms with E-state index >= 15 is 0 Å². The maximum Gasteiger partial charge on any atom is 0.172 e. The molecule has 2 rings (SSSR count). The molecule has 16 heavy (non-hydrogen) atoms. The van der Waals surface area contributed by atoms with E-state index in [1.165, 1.54) is 10.4 Å². The smallest absolute Gasteiger partial charge is 0.172 e. The van der Waals surface area contributed by atoms with Gasteiger partial charge < -0.3 is 4.74 Å². The van der Waals surface area contributed by atoms with E-state index in [1.807, 2.05) is 6.07 Å². The predicted molar refractivity (Wildman–Crippen MR) is 66.3 cm³/mol. The molecular weight excluding hydrogens is 220 g/mol. The summed E-state index contributed by atoms with van der Waals surface area (Å²) in [7, 11) is 0. The molecule has 88 valence electrons. The first kappa shape index (κ1) is 11.8. The lowest BCUT2D eigenvalue weighted by Gasteiger charge is -2.06. The summed E-state index contributed by atoms with van der Waals surface area (Å²) >= 11 is 1.61. The van der Waals surface area contributed by atoms with Crippen molar-refractivity contribution < 1.29 is 9.53 Å². The second kappa shape index (κ2) is 5.11. The van der Waals surface area contributed by atoms with Gasteiger partial charge in [-0.25, -0.2) is 0 Å². The van der Waals surface area contributed by atoms with Crippen LogP contribution in [0.3, 0.4) is 0 Å². The molecule has 0 spiro atoms. The molecule has 0 amide bonds. The van der Waals surface area contributed by atoms with E-state index in [-0.39, 0.29) is 5.78 Å². The summed E-state index contributed by atoms with van der Waals surface area (Å²) in [5.74, 6) is 0.275. The minimum Gasteiger partial charge on any atom is -0.378 e. The van der Waals surface area contributed by atoms with E-state index in [4.69, 9.17) is 4.74 Å². The average Bonchev–Trinajstić information content (AvgIpc) is 2.86. The number of aryl methyl sites for hydroxylation is 2. The van der Waals surface area contributed by atoms with Gasteiger partial charge in [-0.3, -0.25) is 4.79 Å². The summed E-state index contributed by atoms with van der Waals surface area (Å²) in [6, 6.07) is 2.01. The third kappa shape index (κ3) is 2.71. The van der Waals surface area contributed by atoms with Crippen LogP contribution >= 0.6 is 11.3 Å². The first-order valence-corrected chi connectivity index (χ1v) is 6.70. The van der Waals surface area contributed by atoms with Crippen molar-refractivity contribution in [3.8, 4) is 0 Å². The van der Waals surface area contributed by atoms with Gasteiger partial charge in [0.1, 0.15) is 0 Å². The molecule has 0 N–H and O–H groups in total. The van der Waals surface area contributed by atoms with Gasteiger partial charge in [-0.1, -0.05) is 0 Å². The molecule has 0 aliphatic carbocycles. The Morgan fingerprint density at radius 2 is 2.38 bits per heavy atom. The van der Waals surface area contributed by atoms with Crippen LogP contribution in [0.4, 0.5) is 0 Å². The fraction of sp³-hybridized carbons (Fsp3) is 0.615. The van der Waals surface area contributed by atoms with E-state index in [0.717, 1.165) is 30.7 Å². The normalized spacial score (nSPS) is 20.2. The first-order chi connectivity index (χ1) is 7.66.